The van der Waals surface area contributed by atoms with Gasteiger partial charge in [-0.15, -0.1) is 0 Å². The molecule has 0 bridgehead atoms. The molecule has 1 amide bonds. The van der Waals surface area contributed by atoms with Gasteiger partial charge in [0.05, 0.1) is 11.8 Å². The Morgan fingerprint density at radius 3 is 2.48 bits per heavy atom. The van der Waals surface area contributed by atoms with Crippen molar-refractivity contribution in [2.75, 3.05) is 0 Å². The molecule has 0 spiro atoms. The van der Waals surface area contributed by atoms with Crippen molar-refractivity contribution < 1.29 is 14.7 Å². The Morgan fingerprint density at radius 2 is 1.81 bits per heavy atom. The third-order valence-electron chi connectivity index (χ3n) is 4.35. The highest BCUT2D eigenvalue weighted by molar-refractivity contribution is 5.84. The average molecular weight is 289 g/mol. The number of hydrogen-bond donors (Lipinski definition) is 2. The van der Waals surface area contributed by atoms with Crippen LogP contribution in [0.15, 0.2) is 30.3 Å². The van der Waals surface area contributed by atoms with Crippen molar-refractivity contribution in [1.29, 1.82) is 0 Å². The molecular formula is C17H23NO3. The summed E-state index contributed by atoms with van der Waals surface area (Å²) < 4.78 is 0. The van der Waals surface area contributed by atoms with Crippen LogP contribution in [0.25, 0.3) is 0 Å². The van der Waals surface area contributed by atoms with Crippen molar-refractivity contribution in [3.05, 3.63) is 35.9 Å². The maximum absolute atomic E-state index is 12.4. The van der Waals surface area contributed by atoms with E-state index >= 15 is 0 Å². The van der Waals surface area contributed by atoms with Crippen LogP contribution in [0, 0.1) is 5.92 Å². The molecule has 1 aliphatic rings. The molecule has 0 aliphatic heterocycles. The Bertz CT molecular complexity index is 486. The van der Waals surface area contributed by atoms with Gasteiger partial charge < -0.3 is 10.4 Å². The van der Waals surface area contributed by atoms with Crippen LogP contribution in [0.3, 0.4) is 0 Å². The van der Waals surface area contributed by atoms with Crippen molar-refractivity contribution >= 4 is 11.9 Å². The second-order valence-electron chi connectivity index (χ2n) is 5.83. The van der Waals surface area contributed by atoms with E-state index in [4.69, 9.17) is 0 Å². The first-order valence-electron chi connectivity index (χ1n) is 7.67. The lowest BCUT2D eigenvalue weighted by molar-refractivity contribution is -0.143. The highest BCUT2D eigenvalue weighted by Gasteiger charge is 2.31. The lowest BCUT2D eigenvalue weighted by Gasteiger charge is -2.24. The first-order valence-corrected chi connectivity index (χ1v) is 7.67. The SMILES string of the molecule is CC(C(=O)N[C@H]1CCCCC[C@H]1C(=O)O)c1ccccc1. The van der Waals surface area contributed by atoms with Gasteiger partial charge in [0.25, 0.3) is 0 Å². The van der Waals surface area contributed by atoms with Crippen molar-refractivity contribution in [1.82, 2.24) is 5.32 Å². The number of carboxylic acid groups (broad SMARTS) is 1. The van der Waals surface area contributed by atoms with Gasteiger partial charge in [0.15, 0.2) is 0 Å². The number of carbonyl (C=O) groups is 2. The minimum Gasteiger partial charge on any atom is -0.481 e. The largest absolute Gasteiger partial charge is 0.481 e. The third-order valence-corrected chi connectivity index (χ3v) is 4.35. The van der Waals surface area contributed by atoms with Gasteiger partial charge in [-0.2, -0.15) is 0 Å². The third kappa shape index (κ3) is 4.06. The monoisotopic (exact) mass is 289 g/mol. The van der Waals surface area contributed by atoms with Gasteiger partial charge in [0.1, 0.15) is 0 Å². The zero-order valence-electron chi connectivity index (χ0n) is 12.4. The van der Waals surface area contributed by atoms with Crippen molar-refractivity contribution in [2.24, 2.45) is 5.92 Å². The standard InChI is InChI=1S/C17H23NO3/c1-12(13-8-4-2-5-9-13)16(19)18-15-11-7-3-6-10-14(15)17(20)21/h2,4-5,8-9,12,14-15H,3,6-7,10-11H2,1H3,(H,18,19)(H,20,21)/t12?,14-,15+/m1/s1. The van der Waals surface area contributed by atoms with Crippen LogP contribution in [0.1, 0.15) is 50.5 Å². The van der Waals surface area contributed by atoms with Crippen LogP contribution in [0.5, 0.6) is 0 Å². The molecule has 0 heterocycles. The van der Waals surface area contributed by atoms with E-state index in [1.165, 1.54) is 0 Å². The number of nitrogens with one attached hydrogen (secondary N) is 1. The highest BCUT2D eigenvalue weighted by Crippen LogP contribution is 2.25. The Kier molecular flexibility index (Phi) is 5.37. The van der Waals surface area contributed by atoms with Gasteiger partial charge in [-0.25, -0.2) is 0 Å². The highest BCUT2D eigenvalue weighted by atomic mass is 16.4. The molecule has 1 saturated carbocycles. The van der Waals surface area contributed by atoms with Crippen LogP contribution in [0.2, 0.25) is 0 Å². The van der Waals surface area contributed by atoms with Crippen LogP contribution < -0.4 is 5.32 Å². The number of hydrogen-bond acceptors (Lipinski definition) is 2. The van der Waals surface area contributed by atoms with Gasteiger partial charge in [-0.05, 0) is 25.3 Å². The topological polar surface area (TPSA) is 66.4 Å². The summed E-state index contributed by atoms with van der Waals surface area (Å²) in [5.41, 5.74) is 0.954. The van der Waals surface area contributed by atoms with Gasteiger partial charge in [0, 0.05) is 6.04 Å². The quantitative estimate of drug-likeness (QED) is 0.837. The van der Waals surface area contributed by atoms with Gasteiger partial charge in [0.2, 0.25) is 5.91 Å². The molecule has 0 aromatic heterocycles. The Balaban J connectivity index is 2.04. The summed E-state index contributed by atoms with van der Waals surface area (Å²) in [6.45, 7) is 1.86. The van der Waals surface area contributed by atoms with Crippen LogP contribution in [-0.4, -0.2) is 23.0 Å². The molecule has 4 heteroatoms. The van der Waals surface area contributed by atoms with Crippen LogP contribution in [0.4, 0.5) is 0 Å². The van der Waals surface area contributed by atoms with Crippen molar-refractivity contribution in [3.8, 4) is 0 Å². The Labute approximate surface area is 125 Å². The molecule has 114 valence electrons. The number of benzene rings is 1. The molecule has 1 aliphatic carbocycles. The molecule has 1 fully saturated rings. The molecule has 3 atom stereocenters. The normalized spacial score (nSPS) is 23.9. The average Bonchev–Trinajstić information content (AvgIpc) is 2.72. The predicted octanol–water partition coefficient (Wildman–Crippen LogP) is 2.94. The fraction of sp³-hybridized carbons (Fsp3) is 0.529. The van der Waals surface area contributed by atoms with E-state index in [1.54, 1.807) is 0 Å². The van der Waals surface area contributed by atoms with E-state index in [0.717, 1.165) is 31.2 Å². The summed E-state index contributed by atoms with van der Waals surface area (Å²) in [7, 11) is 0. The maximum atomic E-state index is 12.4. The number of amides is 1. The molecule has 1 unspecified atom stereocenters. The minimum atomic E-state index is -0.797. The molecule has 0 saturated heterocycles. The van der Waals surface area contributed by atoms with E-state index in [0.29, 0.717) is 6.42 Å². The fourth-order valence-corrected chi connectivity index (χ4v) is 2.98. The van der Waals surface area contributed by atoms with Gasteiger partial charge in [-0.3, -0.25) is 9.59 Å². The molecule has 2 rings (SSSR count). The van der Waals surface area contributed by atoms with Crippen molar-refractivity contribution in [3.63, 3.8) is 0 Å². The first kappa shape index (κ1) is 15.5. The summed E-state index contributed by atoms with van der Waals surface area (Å²) in [4.78, 5) is 23.8. The summed E-state index contributed by atoms with van der Waals surface area (Å²) in [6.07, 6.45) is 4.36. The molecule has 1 aromatic rings. The lowest BCUT2D eigenvalue weighted by atomic mass is 9.93. The number of aliphatic carboxylic acids is 1. The summed E-state index contributed by atoms with van der Waals surface area (Å²) >= 11 is 0. The van der Waals surface area contributed by atoms with E-state index in [9.17, 15) is 14.7 Å². The van der Waals surface area contributed by atoms with Crippen LogP contribution in [-0.2, 0) is 9.59 Å². The molecular weight excluding hydrogens is 266 g/mol. The number of carbonyl (C=O) groups excluding carboxylic acids is 1. The Hall–Kier alpha value is -1.84. The molecule has 4 nitrogen and oxygen atoms in total. The molecule has 2 N–H and O–H groups in total. The second-order valence-corrected chi connectivity index (χ2v) is 5.83. The maximum Gasteiger partial charge on any atom is 0.308 e. The smallest absolute Gasteiger partial charge is 0.308 e. The second kappa shape index (κ2) is 7.25. The van der Waals surface area contributed by atoms with Crippen LogP contribution >= 0.6 is 0 Å². The van der Waals surface area contributed by atoms with E-state index in [-0.39, 0.29) is 17.9 Å². The molecule has 21 heavy (non-hydrogen) atoms. The molecule has 0 radical (unpaired) electrons. The van der Waals surface area contributed by atoms with Crippen molar-refractivity contribution in [2.45, 2.75) is 51.0 Å². The van der Waals surface area contributed by atoms with E-state index in [1.807, 2.05) is 37.3 Å². The first-order chi connectivity index (χ1) is 10.1. The number of rotatable bonds is 4. The molecule has 1 aromatic carbocycles. The van der Waals surface area contributed by atoms with Gasteiger partial charge >= 0.3 is 5.97 Å². The zero-order valence-corrected chi connectivity index (χ0v) is 12.4. The minimum absolute atomic E-state index is 0.0839. The van der Waals surface area contributed by atoms with Gasteiger partial charge in [-0.1, -0.05) is 49.6 Å². The Morgan fingerprint density at radius 1 is 1.14 bits per heavy atom. The summed E-state index contributed by atoms with van der Waals surface area (Å²) in [5.74, 6) is -1.60. The summed E-state index contributed by atoms with van der Waals surface area (Å²) in [5, 5.41) is 12.3. The predicted molar refractivity (Wildman–Crippen MR) is 81.0 cm³/mol. The van der Waals surface area contributed by atoms with E-state index in [2.05, 4.69) is 5.32 Å². The van der Waals surface area contributed by atoms with E-state index < -0.39 is 11.9 Å². The fourth-order valence-electron chi connectivity index (χ4n) is 2.98. The lowest BCUT2D eigenvalue weighted by Crippen LogP contribution is -2.44. The summed E-state index contributed by atoms with van der Waals surface area (Å²) in [6, 6.07) is 9.33. The number of carboxylic acids is 1. The zero-order chi connectivity index (χ0) is 15.2.